The van der Waals surface area contributed by atoms with Crippen molar-refractivity contribution < 1.29 is 0 Å². The van der Waals surface area contributed by atoms with E-state index in [0.29, 0.717) is 5.92 Å². The molecule has 0 saturated carbocycles. The molecule has 0 aliphatic heterocycles. The summed E-state index contributed by atoms with van der Waals surface area (Å²) >= 11 is 6.42. The van der Waals surface area contributed by atoms with Crippen LogP contribution < -0.4 is 11.3 Å². The third-order valence-corrected chi connectivity index (χ3v) is 4.76. The van der Waals surface area contributed by atoms with E-state index in [0.717, 1.165) is 35.0 Å². The van der Waals surface area contributed by atoms with Crippen molar-refractivity contribution in [2.24, 2.45) is 11.7 Å². The van der Waals surface area contributed by atoms with Crippen LogP contribution in [-0.2, 0) is 19.4 Å². The first-order chi connectivity index (χ1) is 9.06. The van der Waals surface area contributed by atoms with Gasteiger partial charge >= 0.3 is 0 Å². The minimum atomic E-state index is -0.121. The molecule has 0 amide bonds. The standard InChI is InChI=1S/C12H14N4OS2/c1-6-2-3-7-8(4-6)19-11-10(7)12(17)16(15-14-11)5-9(13)18/h6H,2-5H2,1H3,(H2,13,18). The van der Waals surface area contributed by atoms with Gasteiger partial charge in [-0.2, -0.15) is 0 Å². The van der Waals surface area contributed by atoms with Crippen LogP contribution in [0.2, 0.25) is 0 Å². The Bertz CT molecular complexity index is 718. The van der Waals surface area contributed by atoms with Gasteiger partial charge in [0.2, 0.25) is 0 Å². The first-order valence-corrected chi connectivity index (χ1v) is 7.45. The Labute approximate surface area is 119 Å². The molecule has 0 bridgehead atoms. The normalized spacial score (nSPS) is 18.5. The summed E-state index contributed by atoms with van der Waals surface area (Å²) in [6, 6.07) is 0. The van der Waals surface area contributed by atoms with Gasteiger partial charge in [0.1, 0.15) is 0 Å². The van der Waals surface area contributed by atoms with Gasteiger partial charge in [0, 0.05) is 4.88 Å². The number of hydrogen-bond acceptors (Lipinski definition) is 5. The highest BCUT2D eigenvalue weighted by Crippen LogP contribution is 2.35. The van der Waals surface area contributed by atoms with Crippen LogP contribution in [0.5, 0.6) is 0 Å². The van der Waals surface area contributed by atoms with Crippen molar-refractivity contribution >= 4 is 38.8 Å². The molecule has 100 valence electrons. The molecule has 1 atom stereocenters. The van der Waals surface area contributed by atoms with E-state index in [1.165, 1.54) is 9.56 Å². The first kappa shape index (κ1) is 12.7. The van der Waals surface area contributed by atoms with Gasteiger partial charge in [-0.25, -0.2) is 4.68 Å². The van der Waals surface area contributed by atoms with Gasteiger partial charge in [0.05, 0.1) is 16.9 Å². The van der Waals surface area contributed by atoms with Crippen LogP contribution in [0.3, 0.4) is 0 Å². The second kappa shape index (κ2) is 4.64. The molecule has 1 aliphatic carbocycles. The highest BCUT2D eigenvalue weighted by Gasteiger charge is 2.23. The Morgan fingerprint density at radius 2 is 2.42 bits per heavy atom. The number of aryl methyl sites for hydroxylation is 1. The fourth-order valence-electron chi connectivity index (χ4n) is 2.54. The van der Waals surface area contributed by atoms with E-state index in [1.807, 2.05) is 0 Å². The van der Waals surface area contributed by atoms with Gasteiger partial charge in [0.15, 0.2) is 4.83 Å². The lowest BCUT2D eigenvalue weighted by molar-refractivity contribution is 0.509. The molecule has 0 aromatic carbocycles. The number of nitrogens with two attached hydrogens (primary N) is 1. The molecule has 1 aliphatic rings. The maximum absolute atomic E-state index is 12.4. The van der Waals surface area contributed by atoms with E-state index in [-0.39, 0.29) is 17.1 Å². The van der Waals surface area contributed by atoms with Crippen molar-refractivity contribution in [3.63, 3.8) is 0 Å². The van der Waals surface area contributed by atoms with Crippen LogP contribution in [-0.4, -0.2) is 20.0 Å². The van der Waals surface area contributed by atoms with Gasteiger partial charge < -0.3 is 5.73 Å². The van der Waals surface area contributed by atoms with Crippen molar-refractivity contribution in [3.8, 4) is 0 Å². The molecular formula is C12H14N4OS2. The minimum Gasteiger partial charge on any atom is -0.392 e. The Hall–Kier alpha value is -1.34. The van der Waals surface area contributed by atoms with Gasteiger partial charge in [-0.3, -0.25) is 4.79 Å². The Balaban J connectivity index is 2.20. The average Bonchev–Trinajstić information content (AvgIpc) is 2.70. The summed E-state index contributed by atoms with van der Waals surface area (Å²) in [4.78, 5) is 14.7. The lowest BCUT2D eigenvalue weighted by atomic mass is 9.89. The summed E-state index contributed by atoms with van der Waals surface area (Å²) in [5.74, 6) is 0.673. The summed E-state index contributed by atoms with van der Waals surface area (Å²) in [6.07, 6.45) is 3.10. The number of thiophene rings is 1. The molecule has 19 heavy (non-hydrogen) atoms. The summed E-state index contributed by atoms with van der Waals surface area (Å²) < 4.78 is 1.26. The second-order valence-electron chi connectivity index (χ2n) is 5.05. The van der Waals surface area contributed by atoms with E-state index < -0.39 is 0 Å². The number of aromatic nitrogens is 3. The summed E-state index contributed by atoms with van der Waals surface area (Å²) in [5.41, 5.74) is 6.52. The Morgan fingerprint density at radius 1 is 1.63 bits per heavy atom. The van der Waals surface area contributed by atoms with E-state index in [1.54, 1.807) is 11.3 Å². The van der Waals surface area contributed by atoms with Crippen LogP contribution in [0.4, 0.5) is 0 Å². The SMILES string of the molecule is CC1CCc2c(sc3nnn(CC(N)=S)c(=O)c23)C1. The zero-order chi connectivity index (χ0) is 13.6. The molecule has 5 nitrogen and oxygen atoms in total. The maximum Gasteiger partial charge on any atom is 0.279 e. The van der Waals surface area contributed by atoms with E-state index >= 15 is 0 Å². The number of hydrogen-bond donors (Lipinski definition) is 1. The molecule has 2 aromatic heterocycles. The molecule has 0 saturated heterocycles. The van der Waals surface area contributed by atoms with Gasteiger partial charge in [0.25, 0.3) is 5.56 Å². The van der Waals surface area contributed by atoms with Crippen LogP contribution in [0, 0.1) is 5.92 Å². The average molecular weight is 294 g/mol. The monoisotopic (exact) mass is 294 g/mol. The van der Waals surface area contributed by atoms with Crippen molar-refractivity contribution in [1.29, 1.82) is 0 Å². The third-order valence-electron chi connectivity index (χ3n) is 3.49. The molecule has 3 rings (SSSR count). The van der Waals surface area contributed by atoms with Crippen molar-refractivity contribution in [2.75, 3.05) is 0 Å². The van der Waals surface area contributed by atoms with Crippen molar-refractivity contribution in [3.05, 3.63) is 20.8 Å². The lowest BCUT2D eigenvalue weighted by Gasteiger charge is -2.17. The molecule has 1 unspecified atom stereocenters. The van der Waals surface area contributed by atoms with Crippen LogP contribution in [0.25, 0.3) is 10.2 Å². The minimum absolute atomic E-state index is 0.121. The van der Waals surface area contributed by atoms with Gasteiger partial charge in [-0.05, 0) is 30.7 Å². The fraction of sp³-hybridized carbons (Fsp3) is 0.500. The van der Waals surface area contributed by atoms with Crippen LogP contribution in [0.15, 0.2) is 4.79 Å². The van der Waals surface area contributed by atoms with Crippen molar-refractivity contribution in [2.45, 2.75) is 32.7 Å². The smallest absolute Gasteiger partial charge is 0.279 e. The molecule has 7 heteroatoms. The summed E-state index contributed by atoms with van der Waals surface area (Å²) in [5, 5.41) is 8.77. The molecule has 2 aromatic rings. The highest BCUT2D eigenvalue weighted by atomic mass is 32.1. The molecule has 0 spiro atoms. The van der Waals surface area contributed by atoms with E-state index in [2.05, 4.69) is 17.2 Å². The van der Waals surface area contributed by atoms with Gasteiger partial charge in [-0.15, -0.1) is 16.4 Å². The quantitative estimate of drug-likeness (QED) is 0.844. The summed E-state index contributed by atoms with van der Waals surface area (Å²) in [7, 11) is 0. The van der Waals surface area contributed by atoms with Crippen LogP contribution in [0.1, 0.15) is 23.8 Å². The van der Waals surface area contributed by atoms with E-state index in [4.69, 9.17) is 18.0 Å². The largest absolute Gasteiger partial charge is 0.392 e. The topological polar surface area (TPSA) is 73.8 Å². The molecular weight excluding hydrogens is 280 g/mol. The predicted octanol–water partition coefficient (Wildman–Crippen LogP) is 1.26. The Morgan fingerprint density at radius 3 is 3.16 bits per heavy atom. The fourth-order valence-corrected chi connectivity index (χ4v) is 3.98. The Kier molecular flexibility index (Phi) is 3.10. The van der Waals surface area contributed by atoms with E-state index in [9.17, 15) is 4.79 Å². The third kappa shape index (κ3) is 2.17. The number of rotatable bonds is 2. The zero-order valence-corrected chi connectivity index (χ0v) is 12.2. The number of fused-ring (bicyclic) bond motifs is 3. The predicted molar refractivity (Wildman–Crippen MR) is 79.6 cm³/mol. The first-order valence-electron chi connectivity index (χ1n) is 6.22. The highest BCUT2D eigenvalue weighted by molar-refractivity contribution is 7.80. The number of thiocarbonyl (C=S) groups is 1. The lowest BCUT2D eigenvalue weighted by Crippen LogP contribution is -2.30. The molecule has 0 radical (unpaired) electrons. The zero-order valence-electron chi connectivity index (χ0n) is 10.5. The van der Waals surface area contributed by atoms with Crippen LogP contribution >= 0.6 is 23.6 Å². The molecule has 2 heterocycles. The number of nitrogens with zero attached hydrogens (tertiary/aromatic N) is 3. The van der Waals surface area contributed by atoms with Gasteiger partial charge in [-0.1, -0.05) is 24.4 Å². The maximum atomic E-state index is 12.4. The summed E-state index contributed by atoms with van der Waals surface area (Å²) in [6.45, 7) is 2.39. The second-order valence-corrected chi connectivity index (χ2v) is 6.66. The molecule has 2 N–H and O–H groups in total. The molecule has 0 fully saturated rings. The van der Waals surface area contributed by atoms with Crippen molar-refractivity contribution in [1.82, 2.24) is 15.0 Å².